The molecule has 1 aliphatic rings. The monoisotopic (exact) mass is 328 g/mol. The Bertz CT molecular complexity index is 719. The molecular weight excluding hydrogens is 304 g/mol. The van der Waals surface area contributed by atoms with Crippen molar-refractivity contribution in [1.82, 2.24) is 14.7 Å². The molecule has 6 nitrogen and oxygen atoms in total. The Balaban J connectivity index is 1.83. The molecule has 1 fully saturated rings. The Morgan fingerprint density at radius 1 is 1.42 bits per heavy atom. The summed E-state index contributed by atoms with van der Waals surface area (Å²) >= 11 is 0. The number of ether oxygens (including phenoxy) is 1. The molecular formula is C18H24N4O2. The average Bonchev–Trinajstić information content (AvgIpc) is 3.36. The molecule has 1 atom stereocenters. The van der Waals surface area contributed by atoms with Crippen LogP contribution in [0.5, 0.6) is 5.75 Å². The molecule has 1 aromatic heterocycles. The molecule has 1 aliphatic carbocycles. The Morgan fingerprint density at radius 2 is 2.08 bits per heavy atom. The van der Waals surface area contributed by atoms with E-state index in [-0.39, 0.29) is 11.9 Å². The second kappa shape index (κ2) is 6.65. The number of amides is 1. The normalized spacial score (nSPS) is 15.2. The van der Waals surface area contributed by atoms with E-state index in [9.17, 15) is 4.79 Å². The van der Waals surface area contributed by atoms with E-state index in [4.69, 9.17) is 10.5 Å². The number of hydrogen-bond donors (Lipinski definition) is 1. The number of carbonyl (C=O) groups excluding carboxylic acids is 1. The molecule has 1 aromatic carbocycles. The van der Waals surface area contributed by atoms with E-state index in [0.29, 0.717) is 18.2 Å². The van der Waals surface area contributed by atoms with Crippen molar-refractivity contribution in [1.29, 1.82) is 0 Å². The van der Waals surface area contributed by atoms with Gasteiger partial charge >= 0.3 is 0 Å². The van der Waals surface area contributed by atoms with Gasteiger partial charge in [-0.1, -0.05) is 0 Å². The highest BCUT2D eigenvalue weighted by Crippen LogP contribution is 2.34. The van der Waals surface area contributed by atoms with E-state index >= 15 is 0 Å². The number of rotatable bonds is 6. The van der Waals surface area contributed by atoms with Gasteiger partial charge in [0, 0.05) is 25.3 Å². The van der Waals surface area contributed by atoms with Crippen LogP contribution in [0.2, 0.25) is 0 Å². The predicted molar refractivity (Wildman–Crippen MR) is 92.5 cm³/mol. The Labute approximate surface area is 142 Å². The zero-order chi connectivity index (χ0) is 17.3. The fraction of sp³-hybridized carbons (Fsp3) is 0.444. The van der Waals surface area contributed by atoms with Crippen LogP contribution in [0.1, 0.15) is 29.0 Å². The second-order valence-electron chi connectivity index (χ2n) is 6.34. The summed E-state index contributed by atoms with van der Waals surface area (Å²) in [6.07, 6.45) is 2.30. The molecule has 24 heavy (non-hydrogen) atoms. The van der Waals surface area contributed by atoms with Crippen molar-refractivity contribution in [3.05, 3.63) is 41.7 Å². The molecule has 6 heteroatoms. The number of nitrogens with zero attached hydrogens (tertiary/aromatic N) is 3. The molecule has 1 unspecified atom stereocenters. The maximum absolute atomic E-state index is 12.7. The number of carbonyl (C=O) groups is 1. The van der Waals surface area contributed by atoms with Crippen molar-refractivity contribution in [2.24, 2.45) is 11.7 Å². The number of aromatic nitrogens is 2. The third kappa shape index (κ3) is 3.14. The summed E-state index contributed by atoms with van der Waals surface area (Å²) in [5, 5.41) is 4.50. The minimum atomic E-state index is -0.0762. The summed E-state index contributed by atoms with van der Waals surface area (Å²) in [7, 11) is 3.45. The number of aryl methyl sites for hydroxylation is 1. The van der Waals surface area contributed by atoms with Crippen molar-refractivity contribution in [2.45, 2.75) is 25.8 Å². The van der Waals surface area contributed by atoms with Gasteiger partial charge in [-0.3, -0.25) is 4.79 Å². The van der Waals surface area contributed by atoms with E-state index in [0.717, 1.165) is 30.0 Å². The first-order chi connectivity index (χ1) is 11.5. The van der Waals surface area contributed by atoms with Crippen LogP contribution in [0.3, 0.4) is 0 Å². The summed E-state index contributed by atoms with van der Waals surface area (Å²) < 4.78 is 6.95. The van der Waals surface area contributed by atoms with Gasteiger partial charge in [-0.2, -0.15) is 5.10 Å². The Kier molecular flexibility index (Phi) is 4.57. The minimum Gasteiger partial charge on any atom is -0.497 e. The smallest absolute Gasteiger partial charge is 0.274 e. The number of nitrogens with two attached hydrogens (primary N) is 1. The van der Waals surface area contributed by atoms with Crippen LogP contribution >= 0.6 is 0 Å². The van der Waals surface area contributed by atoms with Gasteiger partial charge in [-0.15, -0.1) is 0 Å². The molecule has 0 aliphatic heterocycles. The van der Waals surface area contributed by atoms with Crippen molar-refractivity contribution in [2.75, 3.05) is 20.7 Å². The molecule has 0 saturated heterocycles. The molecule has 2 N–H and O–H groups in total. The van der Waals surface area contributed by atoms with Crippen LogP contribution in [0.25, 0.3) is 5.69 Å². The maximum Gasteiger partial charge on any atom is 0.274 e. The summed E-state index contributed by atoms with van der Waals surface area (Å²) in [5.74, 6) is 1.25. The largest absolute Gasteiger partial charge is 0.497 e. The number of methoxy groups -OCH3 is 1. The molecule has 0 radical (unpaired) electrons. The van der Waals surface area contributed by atoms with Crippen LogP contribution in [-0.2, 0) is 0 Å². The maximum atomic E-state index is 12.7. The summed E-state index contributed by atoms with van der Waals surface area (Å²) in [6.45, 7) is 2.43. The number of hydrogen-bond acceptors (Lipinski definition) is 4. The SMILES string of the molecule is COc1ccc(-n2nc(C(=O)N(C)C(CN)C3CC3)cc2C)cc1. The number of benzene rings is 1. The van der Waals surface area contributed by atoms with Crippen LogP contribution < -0.4 is 10.5 Å². The fourth-order valence-corrected chi connectivity index (χ4v) is 3.04. The fourth-order valence-electron chi connectivity index (χ4n) is 3.04. The Morgan fingerprint density at radius 3 is 2.62 bits per heavy atom. The van der Waals surface area contributed by atoms with Crippen molar-refractivity contribution >= 4 is 5.91 Å². The van der Waals surface area contributed by atoms with Gasteiger partial charge in [0.15, 0.2) is 5.69 Å². The van der Waals surface area contributed by atoms with Gasteiger partial charge < -0.3 is 15.4 Å². The van der Waals surface area contributed by atoms with Gasteiger partial charge in [0.25, 0.3) is 5.91 Å². The summed E-state index contributed by atoms with van der Waals surface area (Å²) in [6, 6.07) is 9.52. The lowest BCUT2D eigenvalue weighted by molar-refractivity contribution is 0.0712. The van der Waals surface area contributed by atoms with Gasteiger partial charge in [0.2, 0.25) is 0 Å². The van der Waals surface area contributed by atoms with Crippen molar-refractivity contribution in [3.63, 3.8) is 0 Å². The molecule has 1 heterocycles. The predicted octanol–water partition coefficient (Wildman–Crippen LogP) is 2.00. The van der Waals surface area contributed by atoms with Gasteiger partial charge in [0.1, 0.15) is 5.75 Å². The molecule has 1 saturated carbocycles. The summed E-state index contributed by atoms with van der Waals surface area (Å²) in [4.78, 5) is 14.5. The molecule has 1 amide bonds. The van der Waals surface area contributed by atoms with Crippen LogP contribution in [0.15, 0.2) is 30.3 Å². The van der Waals surface area contributed by atoms with Crippen molar-refractivity contribution < 1.29 is 9.53 Å². The quantitative estimate of drug-likeness (QED) is 0.880. The first-order valence-corrected chi connectivity index (χ1v) is 8.23. The number of likely N-dealkylation sites (N-methyl/N-ethyl adjacent to an activating group) is 1. The third-order valence-corrected chi connectivity index (χ3v) is 4.65. The van der Waals surface area contributed by atoms with E-state index in [1.54, 1.807) is 16.7 Å². The standard InChI is InChI=1S/C18H24N4O2/c1-12-10-16(18(23)21(2)17(11-19)13-4-5-13)20-22(12)14-6-8-15(24-3)9-7-14/h6-10,13,17H,4-5,11,19H2,1-3H3. The Hall–Kier alpha value is -2.34. The van der Waals surface area contributed by atoms with Crippen molar-refractivity contribution in [3.8, 4) is 11.4 Å². The topological polar surface area (TPSA) is 73.4 Å². The van der Waals surface area contributed by atoms with Gasteiger partial charge in [-0.25, -0.2) is 4.68 Å². The first-order valence-electron chi connectivity index (χ1n) is 8.23. The van der Waals surface area contributed by atoms with Crippen LogP contribution in [-0.4, -0.2) is 47.3 Å². The van der Waals surface area contributed by atoms with Crippen LogP contribution in [0.4, 0.5) is 0 Å². The van der Waals surface area contributed by atoms with Crippen LogP contribution in [0, 0.1) is 12.8 Å². The molecule has 0 spiro atoms. The first kappa shape index (κ1) is 16.5. The molecule has 2 aromatic rings. The van der Waals surface area contributed by atoms with E-state index in [1.165, 1.54) is 0 Å². The molecule has 0 bridgehead atoms. The lowest BCUT2D eigenvalue weighted by Crippen LogP contribution is -2.43. The second-order valence-corrected chi connectivity index (χ2v) is 6.34. The minimum absolute atomic E-state index is 0.0762. The zero-order valence-corrected chi connectivity index (χ0v) is 14.4. The molecule has 3 rings (SSSR count). The average molecular weight is 328 g/mol. The zero-order valence-electron chi connectivity index (χ0n) is 14.4. The van der Waals surface area contributed by atoms with E-state index < -0.39 is 0 Å². The lowest BCUT2D eigenvalue weighted by atomic mass is 10.1. The van der Waals surface area contributed by atoms with E-state index in [1.807, 2.05) is 44.3 Å². The highest BCUT2D eigenvalue weighted by Gasteiger charge is 2.35. The van der Waals surface area contributed by atoms with E-state index in [2.05, 4.69) is 5.10 Å². The lowest BCUT2D eigenvalue weighted by Gasteiger charge is -2.26. The highest BCUT2D eigenvalue weighted by atomic mass is 16.5. The third-order valence-electron chi connectivity index (χ3n) is 4.65. The highest BCUT2D eigenvalue weighted by molar-refractivity contribution is 5.92. The van der Waals surface area contributed by atoms with Gasteiger partial charge in [-0.05, 0) is 56.0 Å². The summed E-state index contributed by atoms with van der Waals surface area (Å²) in [5.41, 5.74) is 8.11. The van der Waals surface area contributed by atoms with Gasteiger partial charge in [0.05, 0.1) is 12.8 Å². The molecule has 128 valence electrons.